The van der Waals surface area contributed by atoms with Crippen molar-refractivity contribution >= 4 is 35.5 Å². The number of ether oxygens (including phenoxy) is 1. The van der Waals surface area contributed by atoms with Gasteiger partial charge < -0.3 is 20.7 Å². The van der Waals surface area contributed by atoms with Gasteiger partial charge in [-0.05, 0) is 49.0 Å². The number of nitrogens with zero attached hydrogens (tertiary/aromatic N) is 4. The van der Waals surface area contributed by atoms with Crippen molar-refractivity contribution in [1.82, 2.24) is 20.4 Å². The summed E-state index contributed by atoms with van der Waals surface area (Å²) in [6.45, 7) is 1.64. The summed E-state index contributed by atoms with van der Waals surface area (Å²) in [6, 6.07) is 6.85. The molecular formula is C16H18N6O5S. The average Bonchev–Trinajstić information content (AvgIpc) is 2.97. The van der Waals surface area contributed by atoms with Crippen LogP contribution in [0, 0.1) is 0 Å². The first-order chi connectivity index (χ1) is 13.3. The number of carbonyl (C=O) groups is 2. The molecule has 0 amide bonds. The van der Waals surface area contributed by atoms with E-state index in [1.165, 1.54) is 10.9 Å². The van der Waals surface area contributed by atoms with Gasteiger partial charge in [-0.3, -0.25) is 15.0 Å². The molecule has 0 bridgehead atoms. The molecule has 1 heterocycles. The molecule has 0 radical (unpaired) electrons. The van der Waals surface area contributed by atoms with Gasteiger partial charge in [-0.25, -0.2) is 4.68 Å². The summed E-state index contributed by atoms with van der Waals surface area (Å²) in [5.74, 6) is -1.77. The topological polar surface area (TPSA) is 165 Å². The first kappa shape index (κ1) is 20.8. The molecule has 11 nitrogen and oxygen atoms in total. The molecule has 1 unspecified atom stereocenters. The largest absolute Gasteiger partial charge is 0.481 e. The summed E-state index contributed by atoms with van der Waals surface area (Å²) in [5, 5.41) is 29.5. The molecule has 1 aromatic carbocycles. The first-order valence-corrected chi connectivity index (χ1v) is 8.39. The predicted molar refractivity (Wildman–Crippen MR) is 102 cm³/mol. The number of rotatable bonds is 9. The zero-order valence-electron chi connectivity index (χ0n) is 14.8. The number of aromatic nitrogens is 3. The summed E-state index contributed by atoms with van der Waals surface area (Å²) in [5.41, 5.74) is 8.73. The lowest BCUT2D eigenvalue weighted by atomic mass is 10.2. The molecule has 12 heteroatoms. The third-order valence-corrected chi connectivity index (χ3v) is 3.52. The Morgan fingerprint density at radius 3 is 2.54 bits per heavy atom. The second-order valence-electron chi connectivity index (χ2n) is 5.59. The van der Waals surface area contributed by atoms with Crippen molar-refractivity contribution in [3.8, 4) is 5.75 Å². The Balaban J connectivity index is 2.13. The van der Waals surface area contributed by atoms with Gasteiger partial charge in [0.05, 0.1) is 30.4 Å². The lowest BCUT2D eigenvalue weighted by molar-refractivity contribution is -0.137. The van der Waals surface area contributed by atoms with Gasteiger partial charge in [-0.2, -0.15) is 5.10 Å². The van der Waals surface area contributed by atoms with Crippen molar-refractivity contribution in [2.24, 2.45) is 10.8 Å². The second kappa shape index (κ2) is 9.41. The molecule has 0 fully saturated rings. The highest BCUT2D eigenvalue weighted by molar-refractivity contribution is 7.80. The number of aliphatic carboxylic acids is 2. The quantitative estimate of drug-likeness (QED) is 0.258. The van der Waals surface area contributed by atoms with E-state index in [9.17, 15) is 9.59 Å². The van der Waals surface area contributed by atoms with E-state index < -0.39 is 31.0 Å². The third-order valence-electron chi connectivity index (χ3n) is 3.43. The van der Waals surface area contributed by atoms with Crippen LogP contribution in [0.4, 0.5) is 0 Å². The van der Waals surface area contributed by atoms with E-state index in [4.69, 9.17) is 20.7 Å². The number of nitrogens with two attached hydrogens (primary N) is 1. The first-order valence-electron chi connectivity index (χ1n) is 7.98. The lowest BCUT2D eigenvalue weighted by Crippen LogP contribution is -2.23. The van der Waals surface area contributed by atoms with Gasteiger partial charge in [0.1, 0.15) is 5.75 Å². The Hall–Kier alpha value is -3.54. The zero-order valence-corrected chi connectivity index (χ0v) is 15.6. The normalized spacial score (nSPS) is 11.9. The van der Waals surface area contributed by atoms with Crippen molar-refractivity contribution < 1.29 is 24.5 Å². The van der Waals surface area contributed by atoms with E-state index >= 15 is 0 Å². The van der Waals surface area contributed by atoms with Gasteiger partial charge in [-0.15, -0.1) is 5.10 Å². The van der Waals surface area contributed by atoms with E-state index in [0.717, 1.165) is 5.56 Å². The molecular weight excluding hydrogens is 388 g/mol. The molecule has 0 aliphatic heterocycles. The zero-order chi connectivity index (χ0) is 20.7. The van der Waals surface area contributed by atoms with Crippen LogP contribution in [0.15, 0.2) is 29.4 Å². The molecule has 0 spiro atoms. The minimum atomic E-state index is -1.13. The number of carboxylic acid groups (broad SMARTS) is 2. The van der Waals surface area contributed by atoms with Crippen LogP contribution in [0.2, 0.25) is 0 Å². The van der Waals surface area contributed by atoms with Crippen molar-refractivity contribution in [3.63, 3.8) is 0 Å². The molecule has 28 heavy (non-hydrogen) atoms. The Morgan fingerprint density at radius 2 is 1.96 bits per heavy atom. The fourth-order valence-electron chi connectivity index (χ4n) is 2.29. The van der Waals surface area contributed by atoms with E-state index in [2.05, 4.69) is 33.1 Å². The molecule has 0 saturated heterocycles. The molecule has 1 aromatic heterocycles. The van der Waals surface area contributed by atoms with E-state index in [1.54, 1.807) is 31.2 Å². The monoisotopic (exact) mass is 406 g/mol. The van der Waals surface area contributed by atoms with Crippen molar-refractivity contribution in [3.05, 3.63) is 41.2 Å². The third kappa shape index (κ3) is 6.02. The van der Waals surface area contributed by atoms with Gasteiger partial charge in [0.25, 0.3) is 0 Å². The highest BCUT2D eigenvalue weighted by Gasteiger charge is 2.22. The number of hydrogen-bond donors (Lipinski definition) is 4. The molecule has 148 valence electrons. The summed E-state index contributed by atoms with van der Waals surface area (Å²) >= 11 is 4.64. The second-order valence-corrected chi connectivity index (χ2v) is 6.03. The number of hydrogen-bond acceptors (Lipinski definition) is 7. The van der Waals surface area contributed by atoms with Gasteiger partial charge in [0.15, 0.2) is 11.3 Å². The molecule has 0 aliphatic carbocycles. The van der Waals surface area contributed by atoms with Crippen LogP contribution in [-0.2, 0) is 22.4 Å². The Kier molecular flexibility index (Phi) is 6.98. The van der Waals surface area contributed by atoms with Crippen molar-refractivity contribution in [1.29, 1.82) is 0 Å². The van der Waals surface area contributed by atoms with Crippen LogP contribution in [0.3, 0.4) is 0 Å². The van der Waals surface area contributed by atoms with E-state index in [1.807, 2.05) is 0 Å². The standard InChI is InChI=1S/C16H18N6O5S/c1-9(22-13(7-15(25)26)12(19-21-22)6-14(23)24)27-11-4-2-10(3-5-11)8-18-20-16(17)28/h2-5,8-9H,6-7H2,1H3,(H,23,24)(H,25,26)(H3,17,20,28). The van der Waals surface area contributed by atoms with Crippen LogP contribution < -0.4 is 15.9 Å². The summed E-state index contributed by atoms with van der Waals surface area (Å²) < 4.78 is 7.02. The maximum atomic E-state index is 11.1. The molecule has 0 aliphatic rings. The molecule has 0 saturated carbocycles. The smallest absolute Gasteiger partial charge is 0.309 e. The van der Waals surface area contributed by atoms with Gasteiger partial charge in [0, 0.05) is 0 Å². The maximum absolute atomic E-state index is 11.1. The number of benzene rings is 1. The fraction of sp³-hybridized carbons (Fsp3) is 0.250. The minimum absolute atomic E-state index is 0.0530. The molecule has 5 N–H and O–H groups in total. The van der Waals surface area contributed by atoms with Crippen LogP contribution >= 0.6 is 12.2 Å². The molecule has 2 rings (SSSR count). The fourth-order valence-corrected chi connectivity index (χ4v) is 2.35. The number of hydrazone groups is 1. The van der Waals surface area contributed by atoms with E-state index in [0.29, 0.717) is 5.75 Å². The van der Waals surface area contributed by atoms with Crippen LogP contribution in [-0.4, -0.2) is 48.5 Å². The Bertz CT molecular complexity index is 895. The maximum Gasteiger partial charge on any atom is 0.309 e. The molecule has 1 atom stereocenters. The van der Waals surface area contributed by atoms with Crippen LogP contribution in [0.25, 0.3) is 0 Å². The SMILES string of the molecule is CC(Oc1ccc(C=NNC(N)=S)cc1)n1nnc(CC(=O)O)c1CC(=O)O. The Morgan fingerprint density at radius 1 is 1.32 bits per heavy atom. The summed E-state index contributed by atoms with van der Waals surface area (Å²) in [4.78, 5) is 22.0. The number of carboxylic acids is 2. The predicted octanol–water partition coefficient (Wildman–Crippen LogP) is 0.297. The van der Waals surface area contributed by atoms with E-state index in [-0.39, 0.29) is 16.5 Å². The number of nitrogens with one attached hydrogen (secondary N) is 1. The van der Waals surface area contributed by atoms with Crippen molar-refractivity contribution in [2.75, 3.05) is 0 Å². The Labute approximate surface area is 164 Å². The van der Waals surface area contributed by atoms with Crippen molar-refractivity contribution in [2.45, 2.75) is 26.0 Å². The minimum Gasteiger partial charge on any atom is -0.481 e. The van der Waals surface area contributed by atoms with Crippen LogP contribution in [0.1, 0.15) is 30.1 Å². The summed E-state index contributed by atoms with van der Waals surface area (Å²) in [7, 11) is 0. The highest BCUT2D eigenvalue weighted by Crippen LogP contribution is 2.20. The van der Waals surface area contributed by atoms with Crippen LogP contribution in [0.5, 0.6) is 5.75 Å². The summed E-state index contributed by atoms with van der Waals surface area (Å²) in [6.07, 6.45) is -0.0362. The average molecular weight is 406 g/mol. The van der Waals surface area contributed by atoms with Gasteiger partial charge in [-0.1, -0.05) is 5.21 Å². The molecule has 2 aromatic rings. The van der Waals surface area contributed by atoms with Gasteiger partial charge in [0.2, 0.25) is 0 Å². The lowest BCUT2D eigenvalue weighted by Gasteiger charge is -2.17. The van der Waals surface area contributed by atoms with Gasteiger partial charge >= 0.3 is 11.9 Å². The number of thiocarbonyl (C=S) groups is 1. The highest BCUT2D eigenvalue weighted by atomic mass is 32.1.